The van der Waals surface area contributed by atoms with Crippen LogP contribution in [-0.4, -0.2) is 30.2 Å². The van der Waals surface area contributed by atoms with E-state index in [1.165, 1.54) is 6.08 Å². The van der Waals surface area contributed by atoms with Crippen LogP contribution in [0.25, 0.3) is 0 Å². The molecule has 1 aromatic rings. The van der Waals surface area contributed by atoms with Crippen LogP contribution in [0.4, 0.5) is 0 Å². The van der Waals surface area contributed by atoms with E-state index in [-0.39, 0.29) is 29.9 Å². The van der Waals surface area contributed by atoms with E-state index in [0.717, 1.165) is 24.1 Å². The number of hydrogen-bond donors (Lipinski definition) is 3. The Labute approximate surface area is 142 Å². The number of allylic oxidation sites excluding steroid dienone is 2. The van der Waals surface area contributed by atoms with Gasteiger partial charge in [0.15, 0.2) is 5.78 Å². The number of Topliss-reactive ketones (excluding diaryl/α,β-unsaturated/α-hetero) is 1. The first kappa shape index (κ1) is 16.9. The summed E-state index contributed by atoms with van der Waals surface area (Å²) in [5, 5.41) is 11.3. The maximum atomic E-state index is 12.2. The number of nitrogens with two attached hydrogens (primary N) is 1. The van der Waals surface area contributed by atoms with E-state index in [1.54, 1.807) is 0 Å². The molecule has 1 aromatic carbocycles. The van der Waals surface area contributed by atoms with Gasteiger partial charge in [0.05, 0.1) is 17.9 Å². The molecule has 0 spiro atoms. The summed E-state index contributed by atoms with van der Waals surface area (Å²) in [5.41, 5.74) is 8.39. The molecule has 0 aliphatic carbocycles. The standard InChI is InChI=1S/C19H25N3O2/c1-11(2)15(20)9-16(21)18(23)7-12-3-5-13(6-4-12)19-17-8-14(24-19)10-22-17/h3-6,9,11,14,17,19,21-22H,7-8,10,20H2,1-2H3/t14-,17-,19+/m0/s1. The molecule has 0 amide bonds. The largest absolute Gasteiger partial charge is 0.402 e. The van der Waals surface area contributed by atoms with Crippen LogP contribution in [0.3, 0.4) is 0 Å². The number of hydrogen-bond acceptors (Lipinski definition) is 5. The van der Waals surface area contributed by atoms with Gasteiger partial charge in [0, 0.05) is 24.7 Å². The summed E-state index contributed by atoms with van der Waals surface area (Å²) >= 11 is 0. The van der Waals surface area contributed by atoms with Crippen LogP contribution in [0.1, 0.15) is 37.5 Å². The molecule has 2 saturated heterocycles. The van der Waals surface area contributed by atoms with Gasteiger partial charge in [0.25, 0.3) is 0 Å². The van der Waals surface area contributed by atoms with Gasteiger partial charge in [-0.2, -0.15) is 0 Å². The summed E-state index contributed by atoms with van der Waals surface area (Å²) in [4.78, 5) is 12.2. The number of ketones is 1. The number of carbonyl (C=O) groups is 1. The van der Waals surface area contributed by atoms with Crippen LogP contribution in [0, 0.1) is 11.3 Å². The quantitative estimate of drug-likeness (QED) is 0.698. The lowest BCUT2D eigenvalue weighted by atomic mass is 9.98. The normalized spacial score (nSPS) is 26.1. The van der Waals surface area contributed by atoms with E-state index >= 15 is 0 Å². The number of ether oxygens (including phenoxy) is 1. The first-order valence-corrected chi connectivity index (χ1v) is 8.50. The number of benzene rings is 1. The van der Waals surface area contributed by atoms with E-state index in [9.17, 15) is 4.79 Å². The van der Waals surface area contributed by atoms with Gasteiger partial charge in [-0.25, -0.2) is 0 Å². The Bertz CT molecular complexity index is 664. The molecule has 2 aliphatic rings. The van der Waals surface area contributed by atoms with E-state index in [4.69, 9.17) is 15.9 Å². The third-order valence-corrected chi connectivity index (χ3v) is 4.78. The summed E-state index contributed by atoms with van der Waals surface area (Å²) in [5.74, 6) is -0.0861. The van der Waals surface area contributed by atoms with Crippen LogP contribution >= 0.6 is 0 Å². The van der Waals surface area contributed by atoms with Crippen molar-refractivity contribution in [1.29, 1.82) is 5.41 Å². The van der Waals surface area contributed by atoms with Gasteiger partial charge in [-0.05, 0) is 29.5 Å². The van der Waals surface area contributed by atoms with Crippen molar-refractivity contribution in [1.82, 2.24) is 5.32 Å². The van der Waals surface area contributed by atoms with Crippen LogP contribution < -0.4 is 11.1 Å². The lowest BCUT2D eigenvalue weighted by molar-refractivity contribution is -0.112. The minimum absolute atomic E-state index is 0.0362. The van der Waals surface area contributed by atoms with Gasteiger partial charge < -0.3 is 15.8 Å². The second kappa shape index (κ2) is 6.87. The highest BCUT2D eigenvalue weighted by Gasteiger charge is 2.41. The molecule has 5 heteroatoms. The van der Waals surface area contributed by atoms with Crippen molar-refractivity contribution in [3.05, 3.63) is 47.2 Å². The number of morpholine rings is 1. The van der Waals surface area contributed by atoms with Crippen molar-refractivity contribution in [2.75, 3.05) is 6.54 Å². The molecule has 2 bridgehead atoms. The highest BCUT2D eigenvalue weighted by Crippen LogP contribution is 2.36. The second-order valence-corrected chi connectivity index (χ2v) is 6.98. The van der Waals surface area contributed by atoms with Crippen molar-refractivity contribution >= 4 is 11.5 Å². The monoisotopic (exact) mass is 327 g/mol. The Morgan fingerprint density at radius 2 is 2.12 bits per heavy atom. The number of rotatable bonds is 6. The number of fused-ring (bicyclic) bond motifs is 2. The summed E-state index contributed by atoms with van der Waals surface area (Å²) < 4.78 is 5.99. The smallest absolute Gasteiger partial charge is 0.184 e. The Hall–Kier alpha value is -1.98. The van der Waals surface area contributed by atoms with Crippen molar-refractivity contribution in [3.63, 3.8) is 0 Å². The topological polar surface area (TPSA) is 88.2 Å². The van der Waals surface area contributed by atoms with E-state index < -0.39 is 0 Å². The first-order valence-electron chi connectivity index (χ1n) is 8.50. The van der Waals surface area contributed by atoms with Gasteiger partial charge in [-0.1, -0.05) is 38.1 Å². The molecule has 5 nitrogen and oxygen atoms in total. The molecule has 3 atom stereocenters. The molecule has 2 fully saturated rings. The Morgan fingerprint density at radius 1 is 1.42 bits per heavy atom. The molecule has 24 heavy (non-hydrogen) atoms. The minimum atomic E-state index is -0.218. The lowest BCUT2D eigenvalue weighted by Crippen LogP contribution is -2.33. The SMILES string of the molecule is CC(C)C(N)=CC(=N)C(=O)Cc1ccc([C@H]2O[C@@H]3CN[C@H]2C3)cc1. The zero-order chi connectivity index (χ0) is 17.3. The minimum Gasteiger partial charge on any atom is -0.402 e. The highest BCUT2D eigenvalue weighted by atomic mass is 16.5. The fraction of sp³-hybridized carbons (Fsp3) is 0.474. The van der Waals surface area contributed by atoms with Crippen LogP contribution in [0.5, 0.6) is 0 Å². The molecular formula is C19H25N3O2. The predicted molar refractivity (Wildman–Crippen MR) is 94.0 cm³/mol. The van der Waals surface area contributed by atoms with Crippen LogP contribution in [0.15, 0.2) is 36.0 Å². The number of carbonyl (C=O) groups excluding carboxylic acids is 1. The molecule has 2 heterocycles. The van der Waals surface area contributed by atoms with Crippen molar-refractivity contribution in [2.45, 2.75) is 44.9 Å². The fourth-order valence-electron chi connectivity index (χ4n) is 3.20. The first-order chi connectivity index (χ1) is 11.4. The average molecular weight is 327 g/mol. The fourth-order valence-corrected chi connectivity index (χ4v) is 3.20. The van der Waals surface area contributed by atoms with E-state index in [2.05, 4.69) is 5.32 Å². The maximum absolute atomic E-state index is 12.2. The molecule has 0 radical (unpaired) electrons. The highest BCUT2D eigenvalue weighted by molar-refractivity contribution is 6.43. The van der Waals surface area contributed by atoms with Crippen molar-refractivity contribution in [3.8, 4) is 0 Å². The Morgan fingerprint density at radius 3 is 2.67 bits per heavy atom. The van der Waals surface area contributed by atoms with Crippen LogP contribution in [-0.2, 0) is 16.0 Å². The molecule has 4 N–H and O–H groups in total. The maximum Gasteiger partial charge on any atom is 0.184 e. The predicted octanol–water partition coefficient (Wildman–Crippen LogP) is 2.12. The summed E-state index contributed by atoms with van der Waals surface area (Å²) in [6, 6.07) is 8.35. The van der Waals surface area contributed by atoms with Crippen LogP contribution in [0.2, 0.25) is 0 Å². The van der Waals surface area contributed by atoms with Gasteiger partial charge in [0.2, 0.25) is 0 Å². The number of nitrogens with one attached hydrogen (secondary N) is 2. The molecule has 3 rings (SSSR count). The molecule has 0 saturated carbocycles. The third kappa shape index (κ3) is 3.57. The average Bonchev–Trinajstić information content (AvgIpc) is 3.18. The Balaban J connectivity index is 1.61. The Kier molecular flexibility index (Phi) is 4.83. The van der Waals surface area contributed by atoms with Gasteiger partial charge >= 0.3 is 0 Å². The zero-order valence-electron chi connectivity index (χ0n) is 14.2. The van der Waals surface area contributed by atoms with Gasteiger partial charge in [-0.3, -0.25) is 10.2 Å². The van der Waals surface area contributed by atoms with E-state index in [0.29, 0.717) is 17.8 Å². The lowest BCUT2D eigenvalue weighted by Gasteiger charge is -2.23. The molecule has 2 aliphatic heterocycles. The van der Waals surface area contributed by atoms with Crippen molar-refractivity contribution < 1.29 is 9.53 Å². The molecular weight excluding hydrogens is 302 g/mol. The zero-order valence-corrected chi connectivity index (χ0v) is 14.2. The molecule has 0 aromatic heterocycles. The summed E-state index contributed by atoms with van der Waals surface area (Å²) in [6.07, 6.45) is 3.21. The van der Waals surface area contributed by atoms with E-state index in [1.807, 2.05) is 38.1 Å². The molecule has 0 unspecified atom stereocenters. The third-order valence-electron chi connectivity index (χ3n) is 4.78. The summed E-state index contributed by atoms with van der Waals surface area (Å²) in [6.45, 7) is 4.83. The van der Waals surface area contributed by atoms with Crippen molar-refractivity contribution in [2.24, 2.45) is 11.7 Å². The molecule has 128 valence electrons. The second-order valence-electron chi connectivity index (χ2n) is 6.98. The van der Waals surface area contributed by atoms with Gasteiger partial charge in [-0.15, -0.1) is 0 Å². The van der Waals surface area contributed by atoms with Gasteiger partial charge in [0.1, 0.15) is 0 Å². The summed E-state index contributed by atoms with van der Waals surface area (Å²) in [7, 11) is 0.